The highest BCUT2D eigenvalue weighted by Gasteiger charge is 2.11. The van der Waals surface area contributed by atoms with Crippen LogP contribution in [0.4, 0.5) is 10.1 Å². The van der Waals surface area contributed by atoms with E-state index in [4.69, 9.17) is 11.5 Å². The Bertz CT molecular complexity index is 343. The summed E-state index contributed by atoms with van der Waals surface area (Å²) < 4.78 is 13.2. The van der Waals surface area contributed by atoms with E-state index in [1.54, 1.807) is 18.2 Å². The molecule has 1 atom stereocenters. The van der Waals surface area contributed by atoms with Gasteiger partial charge in [0.2, 0.25) is 5.91 Å². The number of nitrogens with one attached hydrogen (secondary N) is 1. The van der Waals surface area contributed by atoms with Gasteiger partial charge in [0.15, 0.2) is 0 Å². The van der Waals surface area contributed by atoms with Crippen LogP contribution >= 0.6 is 0 Å². The Morgan fingerprint density at radius 1 is 1.47 bits per heavy atom. The van der Waals surface area contributed by atoms with E-state index in [0.717, 1.165) is 0 Å². The van der Waals surface area contributed by atoms with Crippen LogP contribution in [0.1, 0.15) is 6.42 Å². The van der Waals surface area contributed by atoms with Gasteiger partial charge in [-0.2, -0.15) is 0 Å². The van der Waals surface area contributed by atoms with Gasteiger partial charge in [-0.15, -0.1) is 0 Å². The third kappa shape index (κ3) is 3.55. The number of hydrogen-bond acceptors (Lipinski definition) is 3. The van der Waals surface area contributed by atoms with Gasteiger partial charge in [-0.1, -0.05) is 12.1 Å². The summed E-state index contributed by atoms with van der Waals surface area (Å²) in [6, 6.07) is 5.87. The normalized spacial score (nSPS) is 12.1. The van der Waals surface area contributed by atoms with Gasteiger partial charge in [0.25, 0.3) is 0 Å². The van der Waals surface area contributed by atoms with Crippen molar-refractivity contribution < 1.29 is 9.18 Å². The molecule has 5 heteroatoms. The zero-order valence-electron chi connectivity index (χ0n) is 8.24. The predicted molar refractivity (Wildman–Crippen MR) is 56.7 cm³/mol. The van der Waals surface area contributed by atoms with Gasteiger partial charge in [0.05, 0.1) is 5.69 Å². The first-order chi connectivity index (χ1) is 7.13. The van der Waals surface area contributed by atoms with Crippen LogP contribution < -0.4 is 16.8 Å². The molecule has 1 aromatic carbocycles. The van der Waals surface area contributed by atoms with Gasteiger partial charge >= 0.3 is 0 Å². The summed E-state index contributed by atoms with van der Waals surface area (Å²) in [6.45, 7) is 0.220. The van der Waals surface area contributed by atoms with Crippen LogP contribution in [0.15, 0.2) is 24.3 Å². The quantitative estimate of drug-likeness (QED) is 0.661. The van der Waals surface area contributed by atoms with E-state index in [2.05, 4.69) is 5.32 Å². The summed E-state index contributed by atoms with van der Waals surface area (Å²) in [7, 11) is 0. The molecule has 0 aromatic heterocycles. The van der Waals surface area contributed by atoms with Crippen molar-refractivity contribution in [3.05, 3.63) is 30.1 Å². The maximum Gasteiger partial charge on any atom is 0.219 e. The van der Waals surface area contributed by atoms with Crippen LogP contribution in [-0.4, -0.2) is 18.5 Å². The molecule has 0 bridgehead atoms. The number of hydrogen-bond donors (Lipinski definition) is 3. The Morgan fingerprint density at radius 3 is 2.67 bits per heavy atom. The largest absolute Gasteiger partial charge is 0.378 e. The minimum atomic E-state index is -0.464. The van der Waals surface area contributed by atoms with Crippen LogP contribution in [0.2, 0.25) is 0 Å². The molecule has 0 spiro atoms. The maximum absolute atomic E-state index is 13.2. The van der Waals surface area contributed by atoms with Crippen molar-refractivity contribution in [3.8, 4) is 0 Å². The van der Waals surface area contributed by atoms with Crippen LogP contribution in [-0.2, 0) is 4.79 Å². The first-order valence-electron chi connectivity index (χ1n) is 4.63. The monoisotopic (exact) mass is 211 g/mol. The van der Waals surface area contributed by atoms with Gasteiger partial charge in [0, 0.05) is 19.0 Å². The van der Waals surface area contributed by atoms with Crippen molar-refractivity contribution in [2.45, 2.75) is 12.5 Å². The molecule has 15 heavy (non-hydrogen) atoms. The first-order valence-corrected chi connectivity index (χ1v) is 4.63. The van der Waals surface area contributed by atoms with Crippen molar-refractivity contribution in [1.82, 2.24) is 0 Å². The molecule has 0 radical (unpaired) electrons. The zero-order valence-corrected chi connectivity index (χ0v) is 8.24. The highest BCUT2D eigenvalue weighted by molar-refractivity contribution is 5.75. The molecule has 1 aromatic rings. The molecule has 1 amide bonds. The number of carbonyl (C=O) groups is 1. The van der Waals surface area contributed by atoms with E-state index < -0.39 is 5.91 Å². The summed E-state index contributed by atoms with van der Waals surface area (Å²) in [5.74, 6) is -0.838. The first kappa shape index (κ1) is 11.5. The van der Waals surface area contributed by atoms with Gasteiger partial charge in [0.1, 0.15) is 5.82 Å². The lowest BCUT2D eigenvalue weighted by molar-refractivity contribution is -0.118. The Balaban J connectivity index is 2.66. The fourth-order valence-corrected chi connectivity index (χ4v) is 1.23. The minimum absolute atomic E-state index is 0.0881. The summed E-state index contributed by atoms with van der Waals surface area (Å²) in [4.78, 5) is 10.7. The van der Waals surface area contributed by atoms with Crippen LogP contribution in [0.5, 0.6) is 0 Å². The van der Waals surface area contributed by atoms with Crippen molar-refractivity contribution in [3.63, 3.8) is 0 Å². The highest BCUT2D eigenvalue weighted by atomic mass is 19.1. The van der Waals surface area contributed by atoms with Gasteiger partial charge < -0.3 is 16.8 Å². The number of rotatable bonds is 5. The minimum Gasteiger partial charge on any atom is -0.378 e. The maximum atomic E-state index is 13.2. The molecule has 82 valence electrons. The lowest BCUT2D eigenvalue weighted by Gasteiger charge is -2.16. The molecule has 1 rings (SSSR count). The molecule has 0 fully saturated rings. The lowest BCUT2D eigenvalue weighted by atomic mass is 10.2. The van der Waals surface area contributed by atoms with E-state index in [-0.39, 0.29) is 24.8 Å². The van der Waals surface area contributed by atoms with Crippen LogP contribution in [0.25, 0.3) is 0 Å². The molecule has 5 N–H and O–H groups in total. The lowest BCUT2D eigenvalue weighted by Crippen LogP contribution is -2.33. The third-order valence-corrected chi connectivity index (χ3v) is 1.97. The molecule has 4 nitrogen and oxygen atoms in total. The number of primary amides is 1. The molecular weight excluding hydrogens is 197 g/mol. The Hall–Kier alpha value is -1.62. The Kier molecular flexibility index (Phi) is 4.05. The predicted octanol–water partition coefficient (Wildman–Crippen LogP) is 0.440. The second kappa shape index (κ2) is 5.31. The van der Waals surface area contributed by atoms with Crippen LogP contribution in [0.3, 0.4) is 0 Å². The van der Waals surface area contributed by atoms with E-state index in [1.807, 2.05) is 0 Å². The second-order valence-electron chi connectivity index (χ2n) is 3.23. The molecule has 1 unspecified atom stereocenters. The number of amides is 1. The van der Waals surface area contributed by atoms with Gasteiger partial charge in [-0.25, -0.2) is 4.39 Å². The fourth-order valence-electron chi connectivity index (χ4n) is 1.23. The van der Waals surface area contributed by atoms with Crippen molar-refractivity contribution in [2.75, 3.05) is 11.9 Å². The van der Waals surface area contributed by atoms with Gasteiger partial charge in [-0.3, -0.25) is 4.79 Å². The molecule has 0 aliphatic heterocycles. The molecule has 0 aliphatic carbocycles. The third-order valence-electron chi connectivity index (χ3n) is 1.97. The number of anilines is 1. The summed E-state index contributed by atoms with van der Waals surface area (Å²) in [6.07, 6.45) is 0.0881. The standard InChI is InChI=1S/C10H14FN3O/c11-8-3-1-2-4-9(8)14-7(6-12)5-10(13)15/h1-4,7,14H,5-6,12H2,(H2,13,15). The van der Waals surface area contributed by atoms with Crippen LogP contribution in [0, 0.1) is 5.82 Å². The number of carbonyl (C=O) groups excluding carboxylic acids is 1. The highest BCUT2D eigenvalue weighted by Crippen LogP contribution is 2.14. The molecule has 0 saturated carbocycles. The van der Waals surface area contributed by atoms with E-state index in [9.17, 15) is 9.18 Å². The number of halogens is 1. The van der Waals surface area contributed by atoms with Crippen molar-refractivity contribution >= 4 is 11.6 Å². The molecule has 0 saturated heterocycles. The average Bonchev–Trinajstić information content (AvgIpc) is 2.19. The average molecular weight is 211 g/mol. The summed E-state index contributed by atoms with van der Waals surface area (Å²) >= 11 is 0. The smallest absolute Gasteiger partial charge is 0.219 e. The SMILES string of the molecule is NCC(CC(N)=O)Nc1ccccc1F. The Morgan fingerprint density at radius 2 is 2.13 bits per heavy atom. The molecular formula is C10H14FN3O. The van der Waals surface area contributed by atoms with Gasteiger partial charge in [-0.05, 0) is 12.1 Å². The van der Waals surface area contributed by atoms with Crippen molar-refractivity contribution in [1.29, 1.82) is 0 Å². The Labute approximate surface area is 87.4 Å². The van der Waals surface area contributed by atoms with E-state index >= 15 is 0 Å². The van der Waals surface area contributed by atoms with E-state index in [1.165, 1.54) is 6.07 Å². The second-order valence-corrected chi connectivity index (χ2v) is 3.23. The molecule has 0 aliphatic rings. The number of benzene rings is 1. The number of para-hydroxylation sites is 1. The zero-order chi connectivity index (χ0) is 11.3. The topological polar surface area (TPSA) is 81.1 Å². The fraction of sp³-hybridized carbons (Fsp3) is 0.300. The summed E-state index contributed by atoms with van der Waals surface area (Å²) in [5.41, 5.74) is 10.8. The number of nitrogens with two attached hydrogens (primary N) is 2. The summed E-state index contributed by atoms with van der Waals surface area (Å²) in [5, 5.41) is 2.83. The van der Waals surface area contributed by atoms with E-state index in [0.29, 0.717) is 5.69 Å². The van der Waals surface area contributed by atoms with Crippen molar-refractivity contribution in [2.24, 2.45) is 11.5 Å². The molecule has 0 heterocycles.